The van der Waals surface area contributed by atoms with E-state index < -0.39 is 0 Å². The van der Waals surface area contributed by atoms with E-state index in [4.69, 9.17) is 0 Å². The summed E-state index contributed by atoms with van der Waals surface area (Å²) in [6, 6.07) is 15.9. The van der Waals surface area contributed by atoms with Gasteiger partial charge in [-0.2, -0.15) is 0 Å². The Hall–Kier alpha value is -1.90. The number of fused-ring (bicyclic) bond motifs is 1. The zero-order chi connectivity index (χ0) is 12.4. The maximum atomic E-state index is 11.2. The molecule has 2 aromatic heterocycles. The van der Waals surface area contributed by atoms with E-state index in [1.165, 1.54) is 4.46 Å². The molecule has 3 rings (SSSR count). The molecule has 3 nitrogen and oxygen atoms in total. The average molecular weight is 301 g/mol. The van der Waals surface area contributed by atoms with E-state index >= 15 is 0 Å². The molecule has 0 aliphatic carbocycles. The normalized spacial score (nSPS) is 10.7. The Morgan fingerprint density at radius 3 is 2.61 bits per heavy atom. The van der Waals surface area contributed by atoms with Gasteiger partial charge in [0.15, 0.2) is 0 Å². The van der Waals surface area contributed by atoms with Gasteiger partial charge in [-0.3, -0.25) is 0 Å². The molecule has 0 aliphatic rings. The van der Waals surface area contributed by atoms with Gasteiger partial charge in [-0.15, -0.1) is 0 Å². The Kier molecular flexibility index (Phi) is 2.97. The summed E-state index contributed by atoms with van der Waals surface area (Å²) in [5, 5.41) is 0. The first kappa shape index (κ1) is 11.2. The summed E-state index contributed by atoms with van der Waals surface area (Å²) in [6.45, 7) is 0. The monoisotopic (exact) mass is 302 g/mol. The molecule has 0 N–H and O–H groups in total. The minimum atomic E-state index is 0.0591. The van der Waals surface area contributed by atoms with Crippen LogP contribution in [0.2, 0.25) is 0 Å². The predicted molar refractivity (Wildman–Crippen MR) is 72.0 cm³/mol. The van der Waals surface area contributed by atoms with Gasteiger partial charge < -0.3 is 0 Å². The number of rotatable bonds is 3. The molecule has 3 aromatic rings. The van der Waals surface area contributed by atoms with Gasteiger partial charge in [-0.1, -0.05) is 0 Å². The number of aromatic nitrogens is 2. The van der Waals surface area contributed by atoms with Crippen LogP contribution in [0.4, 0.5) is 0 Å². The van der Waals surface area contributed by atoms with Crippen molar-refractivity contribution in [3.63, 3.8) is 0 Å². The third-order valence-electron chi connectivity index (χ3n) is 2.60. The Labute approximate surface area is 111 Å². The molecule has 2 heterocycles. The van der Waals surface area contributed by atoms with Gasteiger partial charge >= 0.3 is 111 Å². The van der Waals surface area contributed by atoms with Gasteiger partial charge in [-0.05, 0) is 0 Å². The molecule has 0 radical (unpaired) electrons. The zero-order valence-corrected chi connectivity index (χ0v) is 11.2. The Balaban J connectivity index is 2.09. The Bertz CT molecular complexity index is 691. The average Bonchev–Trinajstić information content (AvgIpc) is 2.77. The third kappa shape index (κ3) is 1.96. The van der Waals surface area contributed by atoms with Crippen molar-refractivity contribution in [1.82, 2.24) is 9.38 Å². The fourth-order valence-electron chi connectivity index (χ4n) is 1.78. The summed E-state index contributed by atoms with van der Waals surface area (Å²) in [6.07, 6.45) is 2.76. The van der Waals surface area contributed by atoms with Gasteiger partial charge in [0.25, 0.3) is 0 Å². The van der Waals surface area contributed by atoms with Crippen molar-refractivity contribution in [1.29, 1.82) is 0 Å². The van der Waals surface area contributed by atoms with Crippen LogP contribution in [0.5, 0.6) is 0 Å². The number of carbonyl (C=O) groups excluding carboxylic acids is 1. The number of pyridine rings is 1. The van der Waals surface area contributed by atoms with Crippen molar-refractivity contribution in [3.05, 3.63) is 60.4 Å². The van der Waals surface area contributed by atoms with E-state index in [-0.39, 0.29) is 15.0 Å². The van der Waals surface area contributed by atoms with Crippen LogP contribution in [0.15, 0.2) is 54.7 Å². The molecule has 88 valence electrons. The molecule has 0 saturated carbocycles. The van der Waals surface area contributed by atoms with E-state index in [1.807, 2.05) is 47.0 Å². The fourth-order valence-corrected chi connectivity index (χ4v) is 3.68. The van der Waals surface area contributed by atoms with Crippen LogP contribution in [0.25, 0.3) is 5.65 Å². The minimum absolute atomic E-state index is 0.0591. The molecule has 4 heteroatoms. The SMILES string of the molecule is O=Cc1c([Se]c2ccccc2)nc2ccccn12. The summed E-state index contributed by atoms with van der Waals surface area (Å²) >= 11 is 0.0591. The third-order valence-corrected chi connectivity index (χ3v) is 4.70. The molecule has 0 aliphatic heterocycles. The topological polar surface area (TPSA) is 34.4 Å². The maximum absolute atomic E-state index is 11.2. The molecular weight excluding hydrogens is 291 g/mol. The van der Waals surface area contributed by atoms with Crippen molar-refractivity contribution < 1.29 is 4.79 Å². The van der Waals surface area contributed by atoms with Gasteiger partial charge in [0.1, 0.15) is 0 Å². The Morgan fingerprint density at radius 1 is 1.06 bits per heavy atom. The summed E-state index contributed by atoms with van der Waals surface area (Å²) in [7, 11) is 0. The number of imidazole rings is 1. The molecule has 1 aromatic carbocycles. The molecule has 0 bridgehead atoms. The summed E-state index contributed by atoms with van der Waals surface area (Å²) in [5.74, 6) is 0. The van der Waals surface area contributed by atoms with Crippen LogP contribution in [0.1, 0.15) is 10.5 Å². The van der Waals surface area contributed by atoms with Crippen LogP contribution >= 0.6 is 0 Å². The Morgan fingerprint density at radius 2 is 1.83 bits per heavy atom. The van der Waals surface area contributed by atoms with Crippen molar-refractivity contribution in [2.24, 2.45) is 0 Å². The molecule has 0 saturated heterocycles. The van der Waals surface area contributed by atoms with Crippen LogP contribution in [0.3, 0.4) is 0 Å². The predicted octanol–water partition coefficient (Wildman–Crippen LogP) is 0.802. The van der Waals surface area contributed by atoms with Crippen molar-refractivity contribution in [3.8, 4) is 0 Å². The van der Waals surface area contributed by atoms with Gasteiger partial charge in [0, 0.05) is 0 Å². The standard InChI is InChI=1S/C14H10N2OSe/c17-10-12-14(18-11-6-2-1-3-7-11)15-13-8-4-5-9-16(12)13/h1-10H. The molecule has 0 atom stereocenters. The van der Waals surface area contributed by atoms with Crippen molar-refractivity contribution in [2.75, 3.05) is 0 Å². The van der Waals surface area contributed by atoms with Crippen molar-refractivity contribution >= 4 is 35.9 Å². The molecular formula is C14H10N2OSe. The van der Waals surface area contributed by atoms with E-state index in [0.29, 0.717) is 5.69 Å². The molecule has 0 amide bonds. The molecule has 0 fully saturated rings. The van der Waals surface area contributed by atoms with Crippen LogP contribution in [-0.4, -0.2) is 30.6 Å². The van der Waals surface area contributed by atoms with E-state index in [9.17, 15) is 4.79 Å². The summed E-state index contributed by atoms with van der Waals surface area (Å²) in [5.41, 5.74) is 1.49. The first-order chi connectivity index (χ1) is 8.88. The summed E-state index contributed by atoms with van der Waals surface area (Å²) < 4.78 is 3.94. The first-order valence-electron chi connectivity index (χ1n) is 5.53. The van der Waals surface area contributed by atoms with Crippen LogP contribution in [-0.2, 0) is 0 Å². The van der Waals surface area contributed by atoms with Gasteiger partial charge in [-0.25, -0.2) is 0 Å². The number of hydrogen-bond acceptors (Lipinski definition) is 2. The van der Waals surface area contributed by atoms with E-state index in [2.05, 4.69) is 17.1 Å². The first-order valence-corrected chi connectivity index (χ1v) is 7.25. The second kappa shape index (κ2) is 4.76. The number of nitrogens with zero attached hydrogens (tertiary/aromatic N) is 2. The zero-order valence-electron chi connectivity index (χ0n) is 9.48. The van der Waals surface area contributed by atoms with Crippen LogP contribution < -0.4 is 9.05 Å². The fraction of sp³-hybridized carbons (Fsp3) is 0. The summed E-state index contributed by atoms with van der Waals surface area (Å²) in [4.78, 5) is 15.8. The van der Waals surface area contributed by atoms with Gasteiger partial charge in [0.2, 0.25) is 0 Å². The number of carbonyl (C=O) groups is 1. The molecule has 18 heavy (non-hydrogen) atoms. The second-order valence-corrected chi connectivity index (χ2v) is 5.99. The van der Waals surface area contributed by atoms with E-state index in [1.54, 1.807) is 0 Å². The van der Waals surface area contributed by atoms with E-state index in [0.717, 1.165) is 16.5 Å². The second-order valence-electron chi connectivity index (χ2n) is 3.76. The molecule has 0 spiro atoms. The number of hydrogen-bond donors (Lipinski definition) is 0. The van der Waals surface area contributed by atoms with Gasteiger partial charge in [0.05, 0.1) is 0 Å². The quantitative estimate of drug-likeness (QED) is 0.530. The van der Waals surface area contributed by atoms with Crippen molar-refractivity contribution in [2.45, 2.75) is 0 Å². The number of aldehydes is 1. The number of benzene rings is 1. The molecule has 0 unspecified atom stereocenters. The van der Waals surface area contributed by atoms with Crippen LogP contribution in [0, 0.1) is 0 Å².